The molecule has 17 heavy (non-hydrogen) atoms. The van der Waals surface area contributed by atoms with E-state index in [2.05, 4.69) is 39.9 Å². The van der Waals surface area contributed by atoms with Crippen LogP contribution >= 0.6 is 0 Å². The molecule has 2 nitrogen and oxygen atoms in total. The summed E-state index contributed by atoms with van der Waals surface area (Å²) in [5.74, 6) is 0.810. The van der Waals surface area contributed by atoms with Gasteiger partial charge in [-0.05, 0) is 38.0 Å². The maximum absolute atomic E-state index is 5.59. The molecular formula is C15H31NO. The zero-order valence-corrected chi connectivity index (χ0v) is 12.4. The summed E-state index contributed by atoms with van der Waals surface area (Å²) in [7, 11) is 0. The molecule has 0 aromatic carbocycles. The third kappa shape index (κ3) is 4.97. The van der Waals surface area contributed by atoms with Crippen LogP contribution < -0.4 is 5.32 Å². The SMILES string of the molecule is CCOC(C)CNC1CCCCC1C(C)(C)C. The van der Waals surface area contributed by atoms with Gasteiger partial charge in [-0.1, -0.05) is 33.6 Å². The van der Waals surface area contributed by atoms with Crippen LogP contribution in [0.2, 0.25) is 0 Å². The van der Waals surface area contributed by atoms with Crippen molar-refractivity contribution in [2.75, 3.05) is 13.2 Å². The lowest BCUT2D eigenvalue weighted by molar-refractivity contribution is 0.0619. The Morgan fingerprint density at radius 3 is 2.47 bits per heavy atom. The van der Waals surface area contributed by atoms with Crippen molar-refractivity contribution < 1.29 is 4.74 Å². The van der Waals surface area contributed by atoms with Gasteiger partial charge in [-0.25, -0.2) is 0 Å². The van der Waals surface area contributed by atoms with Crippen LogP contribution in [-0.4, -0.2) is 25.3 Å². The molecule has 0 amide bonds. The van der Waals surface area contributed by atoms with Crippen molar-refractivity contribution in [1.82, 2.24) is 5.32 Å². The Hall–Kier alpha value is -0.0800. The zero-order valence-electron chi connectivity index (χ0n) is 12.4. The first-order valence-electron chi connectivity index (χ1n) is 7.30. The van der Waals surface area contributed by atoms with Crippen LogP contribution in [0.3, 0.4) is 0 Å². The smallest absolute Gasteiger partial charge is 0.0671 e. The quantitative estimate of drug-likeness (QED) is 0.794. The van der Waals surface area contributed by atoms with Crippen LogP contribution in [-0.2, 0) is 4.74 Å². The van der Waals surface area contributed by atoms with Gasteiger partial charge in [0, 0.05) is 19.2 Å². The molecule has 1 saturated carbocycles. The van der Waals surface area contributed by atoms with Crippen molar-refractivity contribution in [3.63, 3.8) is 0 Å². The second-order valence-corrected chi connectivity index (χ2v) is 6.54. The highest BCUT2D eigenvalue weighted by Gasteiger charge is 2.33. The summed E-state index contributed by atoms with van der Waals surface area (Å²) in [6.45, 7) is 13.2. The molecule has 0 heterocycles. The van der Waals surface area contributed by atoms with E-state index in [1.807, 2.05) is 0 Å². The van der Waals surface area contributed by atoms with Gasteiger partial charge in [-0.15, -0.1) is 0 Å². The molecule has 102 valence electrons. The highest BCUT2D eigenvalue weighted by molar-refractivity contribution is 4.88. The summed E-state index contributed by atoms with van der Waals surface area (Å²) in [4.78, 5) is 0. The van der Waals surface area contributed by atoms with Gasteiger partial charge in [-0.2, -0.15) is 0 Å². The maximum Gasteiger partial charge on any atom is 0.0671 e. The van der Waals surface area contributed by atoms with Gasteiger partial charge >= 0.3 is 0 Å². The molecule has 0 bridgehead atoms. The molecule has 0 spiro atoms. The van der Waals surface area contributed by atoms with Crippen molar-refractivity contribution in [2.45, 2.75) is 72.4 Å². The molecule has 1 N–H and O–H groups in total. The van der Waals surface area contributed by atoms with E-state index in [1.54, 1.807) is 0 Å². The Kier molecular flexibility index (Phi) is 5.94. The summed E-state index contributed by atoms with van der Waals surface area (Å²) in [6.07, 6.45) is 5.84. The van der Waals surface area contributed by atoms with Gasteiger partial charge in [0.05, 0.1) is 6.10 Å². The summed E-state index contributed by atoms with van der Waals surface area (Å²) in [6, 6.07) is 0.687. The van der Waals surface area contributed by atoms with Crippen LogP contribution in [0.15, 0.2) is 0 Å². The van der Waals surface area contributed by atoms with E-state index in [-0.39, 0.29) is 0 Å². The monoisotopic (exact) mass is 241 g/mol. The van der Waals surface area contributed by atoms with Crippen LogP contribution in [0.25, 0.3) is 0 Å². The van der Waals surface area contributed by atoms with E-state index in [0.29, 0.717) is 17.6 Å². The van der Waals surface area contributed by atoms with Crippen molar-refractivity contribution >= 4 is 0 Å². The Balaban J connectivity index is 2.43. The predicted molar refractivity (Wildman–Crippen MR) is 74.3 cm³/mol. The Labute approximate surface area is 108 Å². The summed E-state index contributed by atoms with van der Waals surface area (Å²) < 4.78 is 5.59. The third-order valence-electron chi connectivity index (χ3n) is 4.00. The Morgan fingerprint density at radius 2 is 1.88 bits per heavy atom. The fourth-order valence-electron chi connectivity index (χ4n) is 3.07. The van der Waals surface area contributed by atoms with Crippen LogP contribution in [0.4, 0.5) is 0 Å². The lowest BCUT2D eigenvalue weighted by Crippen LogP contribution is -2.46. The number of rotatable bonds is 5. The second-order valence-electron chi connectivity index (χ2n) is 6.54. The van der Waals surface area contributed by atoms with Gasteiger partial charge < -0.3 is 10.1 Å². The van der Waals surface area contributed by atoms with Gasteiger partial charge in [0.1, 0.15) is 0 Å². The number of nitrogens with one attached hydrogen (secondary N) is 1. The largest absolute Gasteiger partial charge is 0.377 e. The highest BCUT2D eigenvalue weighted by atomic mass is 16.5. The van der Waals surface area contributed by atoms with Crippen LogP contribution in [0.1, 0.15) is 60.3 Å². The maximum atomic E-state index is 5.59. The lowest BCUT2D eigenvalue weighted by Gasteiger charge is -2.41. The standard InChI is InChI=1S/C15H31NO/c1-6-17-12(2)11-16-14-10-8-7-9-13(14)15(3,4)5/h12-14,16H,6-11H2,1-5H3. The van der Waals surface area contributed by atoms with Crippen LogP contribution in [0.5, 0.6) is 0 Å². The van der Waals surface area contributed by atoms with Gasteiger partial charge in [0.2, 0.25) is 0 Å². The first kappa shape index (κ1) is 15.0. The Morgan fingerprint density at radius 1 is 1.24 bits per heavy atom. The second kappa shape index (κ2) is 6.75. The van der Waals surface area contributed by atoms with E-state index in [1.165, 1.54) is 25.7 Å². The van der Waals surface area contributed by atoms with Crippen molar-refractivity contribution in [3.05, 3.63) is 0 Å². The molecule has 0 radical (unpaired) electrons. The average Bonchev–Trinajstić information content (AvgIpc) is 2.26. The summed E-state index contributed by atoms with van der Waals surface area (Å²) in [5.41, 5.74) is 0.424. The number of hydrogen-bond donors (Lipinski definition) is 1. The van der Waals surface area contributed by atoms with Crippen molar-refractivity contribution in [1.29, 1.82) is 0 Å². The molecule has 0 aliphatic heterocycles. The van der Waals surface area contributed by atoms with Crippen molar-refractivity contribution in [2.24, 2.45) is 11.3 Å². The first-order chi connectivity index (χ1) is 7.95. The van der Waals surface area contributed by atoms with Gasteiger partial charge in [0.15, 0.2) is 0 Å². The Bertz CT molecular complexity index is 209. The minimum atomic E-state index is 0.336. The topological polar surface area (TPSA) is 21.3 Å². The fraction of sp³-hybridized carbons (Fsp3) is 1.00. The van der Waals surface area contributed by atoms with Crippen LogP contribution in [0, 0.1) is 11.3 Å². The van der Waals surface area contributed by atoms with E-state index in [9.17, 15) is 0 Å². The first-order valence-corrected chi connectivity index (χ1v) is 7.30. The molecule has 1 aliphatic carbocycles. The molecule has 0 saturated heterocycles. The zero-order chi connectivity index (χ0) is 12.9. The molecule has 0 aromatic rings. The van der Waals surface area contributed by atoms with E-state index in [4.69, 9.17) is 4.74 Å². The minimum Gasteiger partial charge on any atom is -0.377 e. The molecular weight excluding hydrogens is 210 g/mol. The van der Waals surface area contributed by atoms with Gasteiger partial charge in [0.25, 0.3) is 0 Å². The van der Waals surface area contributed by atoms with E-state index >= 15 is 0 Å². The van der Waals surface area contributed by atoms with E-state index in [0.717, 1.165) is 19.1 Å². The summed E-state index contributed by atoms with van der Waals surface area (Å²) >= 11 is 0. The minimum absolute atomic E-state index is 0.336. The molecule has 3 unspecified atom stereocenters. The third-order valence-corrected chi connectivity index (χ3v) is 4.00. The average molecular weight is 241 g/mol. The fourth-order valence-corrected chi connectivity index (χ4v) is 3.07. The number of hydrogen-bond acceptors (Lipinski definition) is 2. The number of ether oxygens (including phenoxy) is 1. The molecule has 1 aliphatic rings. The molecule has 1 fully saturated rings. The van der Waals surface area contributed by atoms with Gasteiger partial charge in [-0.3, -0.25) is 0 Å². The highest BCUT2D eigenvalue weighted by Crippen LogP contribution is 2.37. The predicted octanol–water partition coefficient (Wildman–Crippen LogP) is 3.61. The normalized spacial score (nSPS) is 28.1. The molecule has 1 rings (SSSR count). The molecule has 2 heteroatoms. The molecule has 3 atom stereocenters. The van der Waals surface area contributed by atoms with E-state index < -0.39 is 0 Å². The lowest BCUT2D eigenvalue weighted by atomic mass is 9.69. The van der Waals surface area contributed by atoms with Crippen molar-refractivity contribution in [3.8, 4) is 0 Å². The summed E-state index contributed by atoms with van der Waals surface area (Å²) in [5, 5.41) is 3.74. The molecule has 0 aromatic heterocycles.